The topological polar surface area (TPSA) is 67.1 Å². The molecule has 2 aromatic heterocycles. The van der Waals surface area contributed by atoms with E-state index < -0.39 is 0 Å². The lowest BCUT2D eigenvalue weighted by Gasteiger charge is -1.99. The van der Waals surface area contributed by atoms with E-state index in [1.807, 2.05) is 28.8 Å². The molecule has 98 valence electrons. The van der Waals surface area contributed by atoms with Gasteiger partial charge in [0.2, 0.25) is 4.96 Å². The summed E-state index contributed by atoms with van der Waals surface area (Å²) < 4.78 is 7.06. The van der Waals surface area contributed by atoms with E-state index in [-0.39, 0.29) is 0 Å². The molecule has 2 heterocycles. The first kappa shape index (κ1) is 12.1. The van der Waals surface area contributed by atoms with Gasteiger partial charge < -0.3 is 10.5 Å². The van der Waals surface area contributed by atoms with Gasteiger partial charge in [0, 0.05) is 17.4 Å². The number of hydrogen-bond acceptors (Lipinski definition) is 4. The van der Waals surface area contributed by atoms with E-state index in [9.17, 15) is 0 Å². The monoisotopic (exact) mass is 275 g/mol. The highest BCUT2D eigenvalue weighted by molar-refractivity contribution is 7.15. The van der Waals surface area contributed by atoms with Gasteiger partial charge in [0.25, 0.3) is 0 Å². The van der Waals surface area contributed by atoms with Crippen LogP contribution in [0.15, 0.2) is 29.6 Å². The highest BCUT2D eigenvalue weighted by Crippen LogP contribution is 2.22. The molecule has 0 unspecified atom stereocenters. The zero-order valence-electron chi connectivity index (χ0n) is 10.7. The van der Waals surface area contributed by atoms with Crippen molar-refractivity contribution in [3.05, 3.63) is 35.3 Å². The molecule has 1 aromatic carbocycles. The molecular weight excluding hydrogens is 260 g/mol. The van der Waals surface area contributed by atoms with Gasteiger partial charge in [0.05, 0.1) is 19.3 Å². The Balaban J connectivity index is 1.99. The van der Waals surface area contributed by atoms with Crippen molar-refractivity contribution in [2.75, 3.05) is 13.7 Å². The van der Waals surface area contributed by atoms with Gasteiger partial charge in [-0.05, 0) is 24.3 Å². The van der Waals surface area contributed by atoms with Crippen molar-refractivity contribution < 1.29 is 10.5 Å². The second kappa shape index (κ2) is 4.99. The maximum Gasteiger partial charge on any atom is 0.212 e. The fraction of sp³-hybridized carbons (Fsp3) is 0.231. The van der Waals surface area contributed by atoms with Gasteiger partial charge in [-0.25, -0.2) is 4.52 Å². The molecule has 0 saturated carbocycles. The van der Waals surface area contributed by atoms with Gasteiger partial charge in [0.15, 0.2) is 5.82 Å². The third kappa shape index (κ3) is 2.20. The van der Waals surface area contributed by atoms with Crippen LogP contribution in [0.1, 0.15) is 5.69 Å². The molecule has 0 saturated heterocycles. The molecule has 3 N–H and O–H groups in total. The van der Waals surface area contributed by atoms with Crippen molar-refractivity contribution in [3.63, 3.8) is 0 Å². The smallest absolute Gasteiger partial charge is 0.212 e. The van der Waals surface area contributed by atoms with Crippen molar-refractivity contribution in [2.45, 2.75) is 6.42 Å². The van der Waals surface area contributed by atoms with Crippen LogP contribution in [0.2, 0.25) is 0 Å². The van der Waals surface area contributed by atoms with Crippen LogP contribution in [0.5, 0.6) is 5.75 Å². The number of methoxy groups -OCH3 is 1. The fourth-order valence-electron chi connectivity index (χ4n) is 1.94. The third-order valence-corrected chi connectivity index (χ3v) is 3.80. The maximum atomic E-state index is 5.15. The lowest BCUT2D eigenvalue weighted by Crippen LogP contribution is -2.51. The summed E-state index contributed by atoms with van der Waals surface area (Å²) in [5, 5.41) is 6.66. The Morgan fingerprint density at radius 1 is 1.32 bits per heavy atom. The zero-order valence-corrected chi connectivity index (χ0v) is 11.5. The van der Waals surface area contributed by atoms with E-state index in [0.717, 1.165) is 35.1 Å². The van der Waals surface area contributed by atoms with Crippen molar-refractivity contribution in [1.29, 1.82) is 0 Å². The van der Waals surface area contributed by atoms with Gasteiger partial charge >= 0.3 is 0 Å². The molecule has 0 aliphatic rings. The average Bonchev–Trinajstić information content (AvgIpc) is 3.01. The van der Waals surface area contributed by atoms with E-state index in [0.29, 0.717) is 0 Å². The second-order valence-corrected chi connectivity index (χ2v) is 5.03. The molecule has 0 fully saturated rings. The van der Waals surface area contributed by atoms with E-state index in [4.69, 9.17) is 4.74 Å². The molecule has 19 heavy (non-hydrogen) atoms. The largest absolute Gasteiger partial charge is 0.497 e. The van der Waals surface area contributed by atoms with Crippen LogP contribution < -0.4 is 10.5 Å². The van der Waals surface area contributed by atoms with Gasteiger partial charge in [-0.3, -0.25) is 0 Å². The van der Waals surface area contributed by atoms with Crippen LogP contribution in [-0.2, 0) is 6.42 Å². The second-order valence-electron chi connectivity index (χ2n) is 4.19. The minimum Gasteiger partial charge on any atom is -0.497 e. The van der Waals surface area contributed by atoms with Crippen LogP contribution in [0.3, 0.4) is 0 Å². The lowest BCUT2D eigenvalue weighted by molar-refractivity contribution is -0.366. The first-order valence-electron chi connectivity index (χ1n) is 6.08. The average molecular weight is 275 g/mol. The third-order valence-electron chi connectivity index (χ3n) is 2.93. The van der Waals surface area contributed by atoms with Crippen LogP contribution in [0, 0.1) is 0 Å². The normalized spacial score (nSPS) is 11.1. The molecule has 0 bridgehead atoms. The van der Waals surface area contributed by atoms with Crippen molar-refractivity contribution in [2.24, 2.45) is 0 Å². The molecular formula is C13H15N4OS+. The molecule has 0 spiro atoms. The zero-order chi connectivity index (χ0) is 13.2. The molecule has 0 atom stereocenters. The highest BCUT2D eigenvalue weighted by Gasteiger charge is 2.11. The summed E-state index contributed by atoms with van der Waals surface area (Å²) in [6.45, 7) is 0.865. The summed E-state index contributed by atoms with van der Waals surface area (Å²) in [6, 6.07) is 7.78. The first-order chi connectivity index (χ1) is 9.31. The van der Waals surface area contributed by atoms with Gasteiger partial charge in [0.1, 0.15) is 5.75 Å². The number of ether oxygens (including phenoxy) is 1. The molecule has 5 nitrogen and oxygen atoms in total. The van der Waals surface area contributed by atoms with E-state index in [2.05, 4.69) is 21.2 Å². The number of thiazole rings is 1. The minimum atomic E-state index is 0.750. The molecule has 3 rings (SSSR count). The molecule has 6 heteroatoms. The number of aromatic nitrogens is 3. The van der Waals surface area contributed by atoms with Crippen LogP contribution >= 0.6 is 11.3 Å². The number of quaternary nitrogens is 1. The molecule has 0 aliphatic carbocycles. The van der Waals surface area contributed by atoms with Crippen LogP contribution in [0.25, 0.3) is 16.3 Å². The Bertz CT molecular complexity index is 686. The summed E-state index contributed by atoms with van der Waals surface area (Å²) in [6.07, 6.45) is 0.922. The quantitative estimate of drug-likeness (QED) is 0.779. The Labute approximate surface area is 114 Å². The Morgan fingerprint density at radius 2 is 2.11 bits per heavy atom. The fourth-order valence-corrected chi connectivity index (χ4v) is 2.80. The summed E-state index contributed by atoms with van der Waals surface area (Å²) in [5.41, 5.74) is 6.05. The minimum absolute atomic E-state index is 0.750. The number of fused-ring (bicyclic) bond motifs is 1. The first-order valence-corrected chi connectivity index (χ1v) is 6.96. The van der Waals surface area contributed by atoms with Crippen molar-refractivity contribution in [1.82, 2.24) is 14.6 Å². The summed E-state index contributed by atoms with van der Waals surface area (Å²) in [4.78, 5) is 5.48. The predicted octanol–water partition coefficient (Wildman–Crippen LogP) is 1.25. The summed E-state index contributed by atoms with van der Waals surface area (Å²) in [5.74, 6) is 1.59. The van der Waals surface area contributed by atoms with E-state index >= 15 is 0 Å². The van der Waals surface area contributed by atoms with Crippen LogP contribution in [-0.4, -0.2) is 28.3 Å². The number of hydrogen-bond donors (Lipinski definition) is 1. The standard InChI is InChI=1S/C13H14N4OS/c1-18-11-4-2-9(3-5-11)12-15-13-17(16-12)10(6-7-14)8-19-13/h2-5,8H,6-7,14H2,1H3/p+1. The molecule has 0 amide bonds. The Morgan fingerprint density at radius 3 is 2.79 bits per heavy atom. The number of benzene rings is 1. The molecule has 3 aromatic rings. The summed E-state index contributed by atoms with van der Waals surface area (Å²) in [7, 11) is 1.66. The molecule has 0 aliphatic heterocycles. The molecule has 0 radical (unpaired) electrons. The van der Waals surface area contributed by atoms with Crippen LogP contribution in [0.4, 0.5) is 0 Å². The Hall–Kier alpha value is -1.92. The van der Waals surface area contributed by atoms with E-state index in [1.54, 1.807) is 18.4 Å². The number of rotatable bonds is 4. The number of nitrogens with zero attached hydrogens (tertiary/aromatic N) is 3. The summed E-state index contributed by atoms with van der Waals surface area (Å²) >= 11 is 1.61. The van der Waals surface area contributed by atoms with Gasteiger partial charge in [-0.2, -0.15) is 4.98 Å². The maximum absolute atomic E-state index is 5.15. The van der Waals surface area contributed by atoms with Crippen molar-refractivity contribution in [3.8, 4) is 17.1 Å². The highest BCUT2D eigenvalue weighted by atomic mass is 32.1. The SMILES string of the molecule is COc1ccc(-c2nc3scc(CC[NH3+])n3n2)cc1. The van der Waals surface area contributed by atoms with E-state index in [1.165, 1.54) is 5.69 Å². The predicted molar refractivity (Wildman–Crippen MR) is 74.3 cm³/mol. The van der Waals surface area contributed by atoms with Crippen molar-refractivity contribution >= 4 is 16.3 Å². The Kier molecular flexibility index (Phi) is 3.18. The van der Waals surface area contributed by atoms with Gasteiger partial charge in [-0.15, -0.1) is 16.4 Å². The lowest BCUT2D eigenvalue weighted by atomic mass is 10.2. The van der Waals surface area contributed by atoms with Gasteiger partial charge in [-0.1, -0.05) is 0 Å².